The second-order valence-corrected chi connectivity index (χ2v) is 8.09. The Morgan fingerprint density at radius 3 is 2.03 bits per heavy atom. The summed E-state index contributed by atoms with van der Waals surface area (Å²) in [7, 11) is 3.18. The van der Waals surface area contributed by atoms with Gasteiger partial charge in [0.15, 0.2) is 23.1 Å². The molecule has 0 atom stereocenters. The molecule has 10 heteroatoms. The number of methoxy groups -OCH3 is 2. The zero-order chi connectivity index (χ0) is 24.6. The normalized spacial score (nSPS) is 10.6. The van der Waals surface area contributed by atoms with E-state index in [0.29, 0.717) is 22.3 Å². The summed E-state index contributed by atoms with van der Waals surface area (Å²) in [5, 5.41) is 4.96. The van der Waals surface area contributed by atoms with E-state index < -0.39 is 24.5 Å². The average molecular weight is 491 g/mol. The fraction of sp³-hybridized carbons (Fsp3) is 0.160. The molecule has 0 unspecified atom stereocenters. The average Bonchev–Trinajstić information content (AvgIpc) is 3.42. The van der Waals surface area contributed by atoms with Gasteiger partial charge in [0, 0.05) is 17.8 Å². The van der Waals surface area contributed by atoms with Gasteiger partial charge in [0.25, 0.3) is 5.91 Å². The highest BCUT2D eigenvalue weighted by atomic mass is 32.1. The second kappa shape index (κ2) is 11.2. The third-order valence-electron chi connectivity index (χ3n) is 5.01. The van der Waals surface area contributed by atoms with E-state index in [1.807, 2.05) is 48.5 Å². The van der Waals surface area contributed by atoms with Crippen LogP contribution in [0.4, 0.5) is 0 Å². The SMILES string of the molecule is COc1ccc(C(NC(=O)COC(=O)c2csc(-c3ncccn3)n2)c2ccc(OC)cc2)cc1. The maximum absolute atomic E-state index is 12.7. The largest absolute Gasteiger partial charge is 0.497 e. The number of aromatic nitrogens is 3. The lowest BCUT2D eigenvalue weighted by molar-refractivity contribution is -0.124. The van der Waals surface area contributed by atoms with Crippen LogP contribution in [0, 0.1) is 0 Å². The predicted octanol–water partition coefficient (Wildman–Crippen LogP) is 3.68. The highest BCUT2D eigenvalue weighted by molar-refractivity contribution is 7.13. The van der Waals surface area contributed by atoms with Crippen molar-refractivity contribution in [2.24, 2.45) is 0 Å². The van der Waals surface area contributed by atoms with Crippen molar-refractivity contribution in [1.29, 1.82) is 0 Å². The molecule has 0 aliphatic rings. The van der Waals surface area contributed by atoms with E-state index in [4.69, 9.17) is 14.2 Å². The number of hydrogen-bond acceptors (Lipinski definition) is 9. The van der Waals surface area contributed by atoms with Gasteiger partial charge in [-0.2, -0.15) is 0 Å². The maximum atomic E-state index is 12.7. The van der Waals surface area contributed by atoms with Crippen molar-refractivity contribution in [1.82, 2.24) is 20.3 Å². The summed E-state index contributed by atoms with van der Waals surface area (Å²) >= 11 is 1.22. The molecular formula is C25H22N4O5S. The van der Waals surface area contributed by atoms with Crippen LogP contribution in [0.25, 0.3) is 10.8 Å². The number of nitrogens with zero attached hydrogens (tertiary/aromatic N) is 3. The maximum Gasteiger partial charge on any atom is 0.358 e. The molecule has 0 spiro atoms. The number of amides is 1. The Hall–Kier alpha value is -4.31. The molecule has 178 valence electrons. The predicted molar refractivity (Wildman–Crippen MR) is 129 cm³/mol. The van der Waals surface area contributed by atoms with Crippen molar-refractivity contribution in [2.75, 3.05) is 20.8 Å². The van der Waals surface area contributed by atoms with Crippen LogP contribution in [0.5, 0.6) is 11.5 Å². The van der Waals surface area contributed by atoms with Crippen LogP contribution in [0.1, 0.15) is 27.7 Å². The number of hydrogen-bond donors (Lipinski definition) is 1. The number of rotatable bonds is 9. The third kappa shape index (κ3) is 5.98. The molecule has 4 rings (SSSR count). The van der Waals surface area contributed by atoms with Gasteiger partial charge in [0.05, 0.1) is 20.3 Å². The Balaban J connectivity index is 1.43. The topological polar surface area (TPSA) is 113 Å². The summed E-state index contributed by atoms with van der Waals surface area (Å²) in [6, 6.07) is 15.9. The van der Waals surface area contributed by atoms with Gasteiger partial charge in [0.1, 0.15) is 11.5 Å². The molecule has 35 heavy (non-hydrogen) atoms. The Morgan fingerprint density at radius 1 is 0.914 bits per heavy atom. The number of nitrogens with one attached hydrogen (secondary N) is 1. The molecule has 0 bridgehead atoms. The van der Waals surface area contributed by atoms with Crippen LogP contribution in [0.2, 0.25) is 0 Å². The Bertz CT molecular complexity index is 1230. The summed E-state index contributed by atoms with van der Waals surface area (Å²) in [4.78, 5) is 37.6. The monoisotopic (exact) mass is 490 g/mol. The summed E-state index contributed by atoms with van der Waals surface area (Å²) in [6.07, 6.45) is 3.18. The number of ether oxygens (including phenoxy) is 3. The summed E-state index contributed by atoms with van der Waals surface area (Å²) in [5.74, 6) is 0.647. The van der Waals surface area contributed by atoms with E-state index in [1.54, 1.807) is 38.1 Å². The Labute approximate surface area is 205 Å². The first-order valence-corrected chi connectivity index (χ1v) is 11.4. The molecule has 2 aromatic carbocycles. The second-order valence-electron chi connectivity index (χ2n) is 7.23. The molecule has 0 radical (unpaired) electrons. The summed E-state index contributed by atoms with van der Waals surface area (Å²) < 4.78 is 15.7. The first kappa shape index (κ1) is 23.8. The van der Waals surface area contributed by atoms with Crippen LogP contribution in [-0.2, 0) is 9.53 Å². The van der Waals surface area contributed by atoms with E-state index in [9.17, 15) is 9.59 Å². The van der Waals surface area contributed by atoms with Crippen LogP contribution >= 0.6 is 11.3 Å². The van der Waals surface area contributed by atoms with Crippen molar-refractivity contribution >= 4 is 23.2 Å². The minimum Gasteiger partial charge on any atom is -0.497 e. The van der Waals surface area contributed by atoms with Gasteiger partial charge >= 0.3 is 5.97 Å². The lowest BCUT2D eigenvalue weighted by atomic mass is 9.98. The van der Waals surface area contributed by atoms with Gasteiger partial charge in [-0.25, -0.2) is 19.7 Å². The molecular weight excluding hydrogens is 468 g/mol. The highest BCUT2D eigenvalue weighted by Crippen LogP contribution is 2.26. The zero-order valence-electron chi connectivity index (χ0n) is 19.0. The summed E-state index contributed by atoms with van der Waals surface area (Å²) in [6.45, 7) is -0.462. The van der Waals surface area contributed by atoms with E-state index in [0.717, 1.165) is 11.1 Å². The molecule has 2 heterocycles. The smallest absolute Gasteiger partial charge is 0.358 e. The Morgan fingerprint density at radius 2 is 1.49 bits per heavy atom. The molecule has 0 saturated carbocycles. The lowest BCUT2D eigenvalue weighted by Gasteiger charge is -2.20. The molecule has 4 aromatic rings. The molecule has 0 aliphatic carbocycles. The number of esters is 1. The molecule has 0 fully saturated rings. The van der Waals surface area contributed by atoms with Crippen molar-refractivity contribution in [3.8, 4) is 22.3 Å². The Kier molecular flexibility index (Phi) is 7.63. The van der Waals surface area contributed by atoms with Crippen LogP contribution in [-0.4, -0.2) is 47.7 Å². The van der Waals surface area contributed by atoms with Gasteiger partial charge in [-0.1, -0.05) is 24.3 Å². The van der Waals surface area contributed by atoms with E-state index in [1.165, 1.54) is 11.3 Å². The first-order chi connectivity index (χ1) is 17.1. The van der Waals surface area contributed by atoms with Crippen LogP contribution in [0.3, 0.4) is 0 Å². The highest BCUT2D eigenvalue weighted by Gasteiger charge is 2.20. The quantitative estimate of drug-likeness (QED) is 0.354. The zero-order valence-corrected chi connectivity index (χ0v) is 19.8. The van der Waals surface area contributed by atoms with Crippen molar-refractivity contribution in [2.45, 2.75) is 6.04 Å². The molecule has 0 saturated heterocycles. The molecule has 9 nitrogen and oxygen atoms in total. The third-order valence-corrected chi connectivity index (χ3v) is 5.85. The number of carbonyl (C=O) groups excluding carboxylic acids is 2. The van der Waals surface area contributed by atoms with Crippen molar-refractivity contribution in [3.05, 3.63) is 89.2 Å². The minimum absolute atomic E-state index is 0.0899. The number of benzene rings is 2. The summed E-state index contributed by atoms with van der Waals surface area (Å²) in [5.41, 5.74) is 1.76. The van der Waals surface area contributed by atoms with Gasteiger partial charge in [0.2, 0.25) is 0 Å². The standard InChI is InChI=1S/C25H22N4O5S/c1-32-18-8-4-16(5-9-18)22(17-6-10-19(33-2)11-7-17)29-21(30)14-34-25(31)20-15-35-24(28-20)23-26-12-3-13-27-23/h3-13,15,22H,14H2,1-2H3,(H,29,30). The van der Waals surface area contributed by atoms with Crippen molar-refractivity contribution < 1.29 is 23.8 Å². The lowest BCUT2D eigenvalue weighted by Crippen LogP contribution is -2.33. The first-order valence-electron chi connectivity index (χ1n) is 10.5. The van der Waals surface area contributed by atoms with Crippen molar-refractivity contribution in [3.63, 3.8) is 0 Å². The van der Waals surface area contributed by atoms with Gasteiger partial charge in [-0.3, -0.25) is 4.79 Å². The van der Waals surface area contributed by atoms with Gasteiger partial charge in [-0.05, 0) is 41.5 Å². The molecule has 1 N–H and O–H groups in total. The minimum atomic E-state index is -0.705. The van der Waals surface area contributed by atoms with E-state index in [-0.39, 0.29) is 5.69 Å². The molecule has 0 aliphatic heterocycles. The fourth-order valence-corrected chi connectivity index (χ4v) is 3.97. The van der Waals surface area contributed by atoms with E-state index in [2.05, 4.69) is 20.3 Å². The number of thiazole rings is 1. The van der Waals surface area contributed by atoms with Crippen LogP contribution in [0.15, 0.2) is 72.4 Å². The van der Waals surface area contributed by atoms with Gasteiger partial charge < -0.3 is 19.5 Å². The molecule has 2 aromatic heterocycles. The van der Waals surface area contributed by atoms with Gasteiger partial charge in [-0.15, -0.1) is 11.3 Å². The fourth-order valence-electron chi connectivity index (χ4n) is 3.24. The van der Waals surface area contributed by atoms with E-state index >= 15 is 0 Å². The number of carbonyl (C=O) groups is 2. The van der Waals surface area contributed by atoms with Crippen LogP contribution < -0.4 is 14.8 Å². The molecule has 1 amide bonds.